The molecule has 0 aliphatic carbocycles. The largest absolute Gasteiger partial charge is 0.482 e. The Morgan fingerprint density at radius 2 is 2.08 bits per heavy atom. The van der Waals surface area contributed by atoms with E-state index in [2.05, 4.69) is 10.6 Å². The number of nitrogens with one attached hydrogen (secondary N) is 2. The molecular weight excluding hydrogens is 332 g/mol. The third-order valence-corrected chi connectivity index (χ3v) is 3.74. The van der Waals surface area contributed by atoms with E-state index in [1.54, 1.807) is 0 Å². The van der Waals surface area contributed by atoms with Crippen LogP contribution in [0.1, 0.15) is 17.5 Å². The summed E-state index contributed by atoms with van der Waals surface area (Å²) in [5, 5.41) is 5.48. The summed E-state index contributed by atoms with van der Waals surface area (Å²) >= 11 is 0. The first-order valence-corrected chi connectivity index (χ1v) is 8.38. The summed E-state index contributed by atoms with van der Waals surface area (Å²) in [6.45, 7) is 0.786. The van der Waals surface area contributed by atoms with E-state index in [1.807, 2.05) is 60.7 Å². The molecule has 2 amide bonds. The molecule has 0 radical (unpaired) electrons. The Morgan fingerprint density at radius 3 is 2.92 bits per heavy atom. The van der Waals surface area contributed by atoms with Crippen LogP contribution in [-0.4, -0.2) is 25.2 Å². The number of carbonyl (C=O) groups excluding carboxylic acids is 2. The number of hydrogen-bond acceptors (Lipinski definition) is 4. The Hall–Kier alpha value is -3.28. The number of anilines is 1. The lowest BCUT2D eigenvalue weighted by atomic mass is 10.1. The third-order valence-electron chi connectivity index (χ3n) is 3.74. The van der Waals surface area contributed by atoms with E-state index >= 15 is 0 Å². The van der Waals surface area contributed by atoms with Crippen molar-refractivity contribution >= 4 is 23.8 Å². The van der Waals surface area contributed by atoms with E-state index in [9.17, 15) is 9.59 Å². The van der Waals surface area contributed by atoms with Crippen LogP contribution in [0.4, 0.5) is 10.5 Å². The van der Waals surface area contributed by atoms with Crippen molar-refractivity contribution in [3.63, 3.8) is 0 Å². The summed E-state index contributed by atoms with van der Waals surface area (Å²) in [4.78, 5) is 23.0. The van der Waals surface area contributed by atoms with Crippen molar-refractivity contribution in [3.05, 3.63) is 65.7 Å². The average Bonchev–Trinajstić information content (AvgIpc) is 2.66. The van der Waals surface area contributed by atoms with Crippen molar-refractivity contribution in [1.29, 1.82) is 0 Å². The third kappa shape index (κ3) is 5.11. The van der Waals surface area contributed by atoms with Gasteiger partial charge in [0.1, 0.15) is 12.4 Å². The standard InChI is InChI=1S/C20H20N2O4/c23-19-14-25-18-10-9-15(12-17(18)22-19)6-4-5-11-21-20(24)26-13-16-7-2-1-3-8-16/h1-4,6-10,12H,5,11,13-14H2,(H,21,24)(H,22,23). The lowest BCUT2D eigenvalue weighted by Crippen LogP contribution is -2.25. The minimum atomic E-state index is -0.434. The molecule has 2 N–H and O–H groups in total. The van der Waals surface area contributed by atoms with Crippen LogP contribution >= 0.6 is 0 Å². The number of carbonyl (C=O) groups is 2. The van der Waals surface area contributed by atoms with Crippen molar-refractivity contribution in [2.45, 2.75) is 13.0 Å². The van der Waals surface area contributed by atoms with Gasteiger partial charge >= 0.3 is 6.09 Å². The van der Waals surface area contributed by atoms with Gasteiger partial charge in [0.2, 0.25) is 0 Å². The van der Waals surface area contributed by atoms with Gasteiger partial charge in [-0.3, -0.25) is 4.79 Å². The van der Waals surface area contributed by atoms with Crippen LogP contribution in [0.2, 0.25) is 0 Å². The Balaban J connectivity index is 1.38. The Bertz CT molecular complexity index is 803. The molecular formula is C20H20N2O4. The number of fused-ring (bicyclic) bond motifs is 1. The molecule has 134 valence electrons. The number of amides is 2. The highest BCUT2D eigenvalue weighted by molar-refractivity contribution is 5.95. The maximum atomic E-state index is 11.6. The molecule has 0 aromatic heterocycles. The maximum absolute atomic E-state index is 11.6. The minimum Gasteiger partial charge on any atom is -0.482 e. The molecule has 0 bridgehead atoms. The molecule has 6 nitrogen and oxygen atoms in total. The van der Waals surface area contributed by atoms with Gasteiger partial charge in [0.15, 0.2) is 6.61 Å². The van der Waals surface area contributed by atoms with Crippen LogP contribution in [0.3, 0.4) is 0 Å². The molecule has 0 atom stereocenters. The second kappa shape index (κ2) is 8.71. The summed E-state index contributed by atoms with van der Waals surface area (Å²) in [6, 6.07) is 15.1. The number of benzene rings is 2. The van der Waals surface area contributed by atoms with Gasteiger partial charge in [-0.1, -0.05) is 48.6 Å². The maximum Gasteiger partial charge on any atom is 0.407 e. The van der Waals surface area contributed by atoms with E-state index in [1.165, 1.54) is 0 Å². The summed E-state index contributed by atoms with van der Waals surface area (Å²) in [7, 11) is 0. The summed E-state index contributed by atoms with van der Waals surface area (Å²) in [5.41, 5.74) is 2.57. The number of hydrogen-bond donors (Lipinski definition) is 2. The van der Waals surface area contributed by atoms with Gasteiger partial charge in [-0.25, -0.2) is 4.79 Å². The van der Waals surface area contributed by atoms with Crippen molar-refractivity contribution < 1.29 is 19.1 Å². The fourth-order valence-electron chi connectivity index (χ4n) is 2.46. The van der Waals surface area contributed by atoms with Crippen LogP contribution in [-0.2, 0) is 16.1 Å². The monoisotopic (exact) mass is 352 g/mol. The molecule has 1 heterocycles. The molecule has 3 rings (SSSR count). The minimum absolute atomic E-state index is 0.0498. The van der Waals surface area contributed by atoms with Gasteiger partial charge in [-0.15, -0.1) is 0 Å². The van der Waals surface area contributed by atoms with Gasteiger partial charge in [0.05, 0.1) is 5.69 Å². The highest BCUT2D eigenvalue weighted by Gasteiger charge is 2.15. The van der Waals surface area contributed by atoms with Gasteiger partial charge in [0, 0.05) is 6.54 Å². The van der Waals surface area contributed by atoms with Gasteiger partial charge in [-0.05, 0) is 29.7 Å². The molecule has 0 spiro atoms. The molecule has 6 heteroatoms. The fourth-order valence-corrected chi connectivity index (χ4v) is 2.46. The first-order chi connectivity index (χ1) is 12.7. The van der Waals surface area contributed by atoms with Crippen LogP contribution in [0.15, 0.2) is 54.6 Å². The zero-order chi connectivity index (χ0) is 18.2. The van der Waals surface area contributed by atoms with Crippen molar-refractivity contribution in [1.82, 2.24) is 5.32 Å². The molecule has 0 unspecified atom stereocenters. The summed E-state index contributed by atoms with van der Waals surface area (Å²) < 4.78 is 10.5. The van der Waals surface area contributed by atoms with Gasteiger partial charge < -0.3 is 20.1 Å². The molecule has 2 aromatic rings. The molecule has 0 saturated carbocycles. The highest BCUT2D eigenvalue weighted by atomic mass is 16.5. The van der Waals surface area contributed by atoms with E-state index in [-0.39, 0.29) is 19.1 Å². The SMILES string of the molecule is O=C1COc2ccc(C=CCCNC(=O)OCc3ccccc3)cc2N1. The Kier molecular flexibility index (Phi) is 5.88. The lowest BCUT2D eigenvalue weighted by Gasteiger charge is -2.17. The molecule has 1 aliphatic heterocycles. The Labute approximate surface area is 151 Å². The van der Waals surface area contributed by atoms with Gasteiger partial charge in [-0.2, -0.15) is 0 Å². The van der Waals surface area contributed by atoms with Crippen LogP contribution in [0, 0.1) is 0 Å². The van der Waals surface area contributed by atoms with Crippen LogP contribution in [0.5, 0.6) is 5.75 Å². The normalized spacial score (nSPS) is 12.8. The zero-order valence-corrected chi connectivity index (χ0v) is 14.2. The zero-order valence-electron chi connectivity index (χ0n) is 14.2. The predicted octanol–water partition coefficient (Wildman–Crippen LogP) is 3.35. The van der Waals surface area contributed by atoms with E-state index in [4.69, 9.17) is 9.47 Å². The van der Waals surface area contributed by atoms with Crippen LogP contribution < -0.4 is 15.4 Å². The molecule has 2 aromatic carbocycles. The second-order valence-electron chi connectivity index (χ2n) is 5.77. The molecule has 0 saturated heterocycles. The van der Waals surface area contributed by atoms with Crippen molar-refractivity contribution in [2.24, 2.45) is 0 Å². The fraction of sp³-hybridized carbons (Fsp3) is 0.200. The number of alkyl carbamates (subject to hydrolysis) is 1. The average molecular weight is 352 g/mol. The first-order valence-electron chi connectivity index (χ1n) is 8.38. The van der Waals surface area contributed by atoms with E-state index in [0.717, 1.165) is 11.1 Å². The molecule has 1 aliphatic rings. The highest BCUT2D eigenvalue weighted by Crippen LogP contribution is 2.28. The number of rotatable bonds is 6. The van der Waals surface area contributed by atoms with Crippen molar-refractivity contribution in [2.75, 3.05) is 18.5 Å². The predicted molar refractivity (Wildman–Crippen MR) is 98.8 cm³/mol. The lowest BCUT2D eigenvalue weighted by molar-refractivity contribution is -0.118. The van der Waals surface area contributed by atoms with E-state index in [0.29, 0.717) is 24.4 Å². The summed E-state index contributed by atoms with van der Waals surface area (Å²) in [6.07, 6.45) is 4.11. The quantitative estimate of drug-likeness (QED) is 0.782. The van der Waals surface area contributed by atoms with E-state index < -0.39 is 6.09 Å². The molecule has 26 heavy (non-hydrogen) atoms. The van der Waals surface area contributed by atoms with Crippen LogP contribution in [0.25, 0.3) is 6.08 Å². The second-order valence-corrected chi connectivity index (χ2v) is 5.77. The smallest absolute Gasteiger partial charge is 0.407 e. The number of ether oxygens (including phenoxy) is 2. The topological polar surface area (TPSA) is 76.7 Å². The van der Waals surface area contributed by atoms with Gasteiger partial charge in [0.25, 0.3) is 5.91 Å². The summed E-state index contributed by atoms with van der Waals surface area (Å²) in [5.74, 6) is 0.515. The van der Waals surface area contributed by atoms with Crippen molar-refractivity contribution in [3.8, 4) is 5.75 Å². The molecule has 0 fully saturated rings. The first kappa shape index (κ1) is 17.5. The Morgan fingerprint density at radius 1 is 1.23 bits per heavy atom.